The minimum Gasteiger partial charge on any atom is -0.399 e. The molecular formula is C16H15BrN2O. The van der Waals surface area contributed by atoms with E-state index in [1.165, 1.54) is 5.56 Å². The van der Waals surface area contributed by atoms with Crippen LogP contribution in [0.15, 0.2) is 40.9 Å². The van der Waals surface area contributed by atoms with E-state index >= 15 is 0 Å². The van der Waals surface area contributed by atoms with E-state index in [9.17, 15) is 4.79 Å². The van der Waals surface area contributed by atoms with Crippen molar-refractivity contribution in [1.82, 2.24) is 0 Å². The fourth-order valence-corrected chi connectivity index (χ4v) is 2.87. The van der Waals surface area contributed by atoms with E-state index in [2.05, 4.69) is 15.9 Å². The van der Waals surface area contributed by atoms with Crippen LogP contribution in [-0.2, 0) is 6.42 Å². The van der Waals surface area contributed by atoms with Gasteiger partial charge in [0.2, 0.25) is 0 Å². The molecule has 4 heteroatoms. The molecule has 1 aliphatic heterocycles. The number of hydrogen-bond acceptors (Lipinski definition) is 2. The highest BCUT2D eigenvalue weighted by molar-refractivity contribution is 9.10. The molecule has 2 aromatic rings. The SMILES string of the molecule is Cc1ccc(C(=O)N2CCc3ccc(N)cc32)cc1Br. The summed E-state index contributed by atoms with van der Waals surface area (Å²) in [5.74, 6) is 0.0232. The van der Waals surface area contributed by atoms with Gasteiger partial charge >= 0.3 is 0 Å². The summed E-state index contributed by atoms with van der Waals surface area (Å²) in [5.41, 5.74) is 10.4. The Balaban J connectivity index is 1.97. The summed E-state index contributed by atoms with van der Waals surface area (Å²) in [7, 11) is 0. The van der Waals surface area contributed by atoms with Crippen molar-refractivity contribution < 1.29 is 4.79 Å². The molecule has 102 valence electrons. The number of carbonyl (C=O) groups is 1. The third-order valence-corrected chi connectivity index (χ3v) is 4.52. The van der Waals surface area contributed by atoms with Gasteiger partial charge in [-0.1, -0.05) is 28.1 Å². The maximum Gasteiger partial charge on any atom is 0.258 e. The lowest BCUT2D eigenvalue weighted by atomic mass is 10.1. The highest BCUT2D eigenvalue weighted by Gasteiger charge is 2.25. The quantitative estimate of drug-likeness (QED) is 0.813. The maximum absolute atomic E-state index is 12.6. The van der Waals surface area contributed by atoms with Crippen LogP contribution in [0.5, 0.6) is 0 Å². The second kappa shape index (κ2) is 4.94. The summed E-state index contributed by atoms with van der Waals surface area (Å²) in [6.07, 6.45) is 0.883. The fourth-order valence-electron chi connectivity index (χ4n) is 2.49. The molecule has 0 unspecified atom stereocenters. The van der Waals surface area contributed by atoms with Crippen molar-refractivity contribution in [1.29, 1.82) is 0 Å². The molecule has 20 heavy (non-hydrogen) atoms. The Morgan fingerprint density at radius 3 is 2.80 bits per heavy atom. The van der Waals surface area contributed by atoms with Gasteiger partial charge < -0.3 is 10.6 Å². The first-order valence-corrected chi connectivity index (χ1v) is 7.32. The zero-order valence-corrected chi connectivity index (χ0v) is 12.8. The van der Waals surface area contributed by atoms with Crippen molar-refractivity contribution in [2.75, 3.05) is 17.2 Å². The van der Waals surface area contributed by atoms with Crippen molar-refractivity contribution >= 4 is 33.2 Å². The van der Waals surface area contributed by atoms with Gasteiger partial charge in [-0.05, 0) is 48.7 Å². The number of nitrogens with two attached hydrogens (primary N) is 1. The molecule has 0 radical (unpaired) electrons. The Hall–Kier alpha value is -1.81. The van der Waals surface area contributed by atoms with Gasteiger partial charge in [-0.25, -0.2) is 0 Å². The standard InChI is InChI=1S/C16H15BrN2O/c1-10-2-3-12(8-14(10)17)16(20)19-7-6-11-4-5-13(18)9-15(11)19/h2-5,8-9H,6-7,18H2,1H3. The van der Waals surface area contributed by atoms with E-state index in [0.717, 1.165) is 22.1 Å². The van der Waals surface area contributed by atoms with Crippen LogP contribution in [0.4, 0.5) is 11.4 Å². The Kier molecular flexibility index (Phi) is 3.26. The smallest absolute Gasteiger partial charge is 0.258 e. The molecule has 1 amide bonds. The van der Waals surface area contributed by atoms with Crippen LogP contribution in [-0.4, -0.2) is 12.5 Å². The topological polar surface area (TPSA) is 46.3 Å². The Morgan fingerprint density at radius 2 is 2.05 bits per heavy atom. The number of nitrogen functional groups attached to an aromatic ring is 1. The second-order valence-electron chi connectivity index (χ2n) is 5.06. The number of anilines is 2. The van der Waals surface area contributed by atoms with Gasteiger partial charge in [0.25, 0.3) is 5.91 Å². The van der Waals surface area contributed by atoms with Crippen molar-refractivity contribution in [3.8, 4) is 0 Å². The number of fused-ring (bicyclic) bond motifs is 1. The normalized spacial score (nSPS) is 13.4. The van der Waals surface area contributed by atoms with Gasteiger partial charge in [0.1, 0.15) is 0 Å². The van der Waals surface area contributed by atoms with Crippen LogP contribution in [0.25, 0.3) is 0 Å². The van der Waals surface area contributed by atoms with Gasteiger partial charge in [0, 0.05) is 28.0 Å². The van der Waals surface area contributed by atoms with E-state index in [1.54, 1.807) is 0 Å². The van der Waals surface area contributed by atoms with Gasteiger partial charge in [-0.2, -0.15) is 0 Å². The molecule has 2 N–H and O–H groups in total. The Morgan fingerprint density at radius 1 is 1.25 bits per heavy atom. The van der Waals surface area contributed by atoms with Crippen LogP contribution in [0.1, 0.15) is 21.5 Å². The van der Waals surface area contributed by atoms with Crippen LogP contribution in [0.2, 0.25) is 0 Å². The minimum absolute atomic E-state index is 0.0232. The molecule has 3 rings (SSSR count). The molecule has 3 nitrogen and oxygen atoms in total. The average Bonchev–Trinajstić information content (AvgIpc) is 2.84. The molecule has 0 bridgehead atoms. The number of halogens is 1. The number of hydrogen-bond donors (Lipinski definition) is 1. The van der Waals surface area contributed by atoms with E-state index < -0.39 is 0 Å². The molecular weight excluding hydrogens is 316 g/mol. The highest BCUT2D eigenvalue weighted by Crippen LogP contribution is 2.31. The van der Waals surface area contributed by atoms with Crippen molar-refractivity contribution in [2.45, 2.75) is 13.3 Å². The molecule has 1 aliphatic rings. The zero-order valence-electron chi connectivity index (χ0n) is 11.2. The lowest BCUT2D eigenvalue weighted by Gasteiger charge is -2.18. The first kappa shape index (κ1) is 13.2. The molecule has 0 aromatic heterocycles. The largest absolute Gasteiger partial charge is 0.399 e. The lowest BCUT2D eigenvalue weighted by molar-refractivity contribution is 0.0989. The number of benzene rings is 2. The molecule has 0 spiro atoms. The summed E-state index contributed by atoms with van der Waals surface area (Å²) in [6.45, 7) is 2.72. The van der Waals surface area contributed by atoms with Crippen LogP contribution in [0.3, 0.4) is 0 Å². The third-order valence-electron chi connectivity index (χ3n) is 3.67. The number of amides is 1. The highest BCUT2D eigenvalue weighted by atomic mass is 79.9. The van der Waals surface area contributed by atoms with E-state index in [0.29, 0.717) is 17.8 Å². The summed E-state index contributed by atoms with van der Waals surface area (Å²) in [4.78, 5) is 14.5. The molecule has 1 heterocycles. The first-order chi connectivity index (χ1) is 9.56. The lowest BCUT2D eigenvalue weighted by Crippen LogP contribution is -2.28. The molecule has 0 atom stereocenters. The average molecular weight is 331 g/mol. The Bertz CT molecular complexity index is 697. The minimum atomic E-state index is 0.0232. The van der Waals surface area contributed by atoms with Crippen LogP contribution < -0.4 is 10.6 Å². The number of aryl methyl sites for hydroxylation is 1. The summed E-state index contributed by atoms with van der Waals surface area (Å²) < 4.78 is 0.954. The van der Waals surface area contributed by atoms with Crippen LogP contribution in [0, 0.1) is 6.92 Å². The van der Waals surface area contributed by atoms with E-state index in [1.807, 2.05) is 48.2 Å². The molecule has 2 aromatic carbocycles. The van der Waals surface area contributed by atoms with E-state index in [-0.39, 0.29) is 5.91 Å². The summed E-state index contributed by atoms with van der Waals surface area (Å²) in [6, 6.07) is 11.5. The van der Waals surface area contributed by atoms with Crippen molar-refractivity contribution in [2.24, 2.45) is 0 Å². The van der Waals surface area contributed by atoms with Gasteiger partial charge in [-0.3, -0.25) is 4.79 Å². The summed E-state index contributed by atoms with van der Waals surface area (Å²) in [5, 5.41) is 0. The molecule has 0 saturated heterocycles. The predicted octanol–water partition coefficient (Wildman–Crippen LogP) is 3.54. The number of carbonyl (C=O) groups excluding carboxylic acids is 1. The first-order valence-electron chi connectivity index (χ1n) is 6.52. The second-order valence-corrected chi connectivity index (χ2v) is 5.91. The van der Waals surface area contributed by atoms with E-state index in [4.69, 9.17) is 5.73 Å². The van der Waals surface area contributed by atoms with Crippen LogP contribution >= 0.6 is 15.9 Å². The van der Waals surface area contributed by atoms with Gasteiger partial charge in [0.15, 0.2) is 0 Å². The van der Waals surface area contributed by atoms with Gasteiger partial charge in [-0.15, -0.1) is 0 Å². The monoisotopic (exact) mass is 330 g/mol. The number of rotatable bonds is 1. The van der Waals surface area contributed by atoms with Gasteiger partial charge in [0.05, 0.1) is 0 Å². The zero-order chi connectivity index (χ0) is 14.3. The molecule has 0 fully saturated rings. The number of nitrogens with zero attached hydrogens (tertiary/aromatic N) is 1. The summed E-state index contributed by atoms with van der Waals surface area (Å²) >= 11 is 3.48. The maximum atomic E-state index is 12.6. The fraction of sp³-hybridized carbons (Fsp3) is 0.188. The molecule has 0 saturated carbocycles. The Labute approximate surface area is 126 Å². The van der Waals surface area contributed by atoms with Crippen molar-refractivity contribution in [3.05, 3.63) is 57.6 Å². The third kappa shape index (κ3) is 2.20. The predicted molar refractivity (Wildman–Crippen MR) is 85.1 cm³/mol. The van der Waals surface area contributed by atoms with Crippen molar-refractivity contribution in [3.63, 3.8) is 0 Å². The molecule has 0 aliphatic carbocycles.